The molecule has 16 heavy (non-hydrogen) atoms. The molecular weight excluding hydrogens is 198 g/mol. The van der Waals surface area contributed by atoms with Gasteiger partial charge in [-0.25, -0.2) is 0 Å². The predicted octanol–water partition coefficient (Wildman–Crippen LogP) is 2.93. The van der Waals surface area contributed by atoms with Crippen LogP contribution in [0, 0.1) is 6.92 Å². The zero-order valence-corrected chi connectivity index (χ0v) is 10.8. The first-order valence-corrected chi connectivity index (χ1v) is 6.13. The lowest BCUT2D eigenvalue weighted by molar-refractivity contribution is 0.335. The fourth-order valence-corrected chi connectivity index (χ4v) is 1.91. The Labute approximate surface area is 99.0 Å². The summed E-state index contributed by atoms with van der Waals surface area (Å²) in [7, 11) is 0. The van der Waals surface area contributed by atoms with Crippen LogP contribution >= 0.6 is 0 Å². The third kappa shape index (κ3) is 3.86. The summed E-state index contributed by atoms with van der Waals surface area (Å²) in [6, 6.07) is 6.89. The molecule has 0 bridgehead atoms. The van der Waals surface area contributed by atoms with Crippen molar-refractivity contribution in [2.45, 2.75) is 40.2 Å². The van der Waals surface area contributed by atoms with Gasteiger partial charge in [-0.3, -0.25) is 0 Å². The number of ether oxygens (including phenoxy) is 1. The van der Waals surface area contributed by atoms with Crippen molar-refractivity contribution in [2.24, 2.45) is 0 Å². The summed E-state index contributed by atoms with van der Waals surface area (Å²) in [6.45, 7) is 10.2. The van der Waals surface area contributed by atoms with Crippen molar-refractivity contribution in [1.29, 1.82) is 0 Å². The molecule has 0 aromatic heterocycles. The minimum atomic E-state index is 0.492. The van der Waals surface area contributed by atoms with Crippen LogP contribution in [-0.4, -0.2) is 19.2 Å². The van der Waals surface area contributed by atoms with Crippen molar-refractivity contribution in [1.82, 2.24) is 5.32 Å². The lowest BCUT2D eigenvalue weighted by atomic mass is 10.0. The lowest BCUT2D eigenvalue weighted by Gasteiger charge is -2.16. The van der Waals surface area contributed by atoms with E-state index in [4.69, 9.17) is 4.74 Å². The van der Waals surface area contributed by atoms with Gasteiger partial charge in [0, 0.05) is 6.04 Å². The Morgan fingerprint density at radius 1 is 1.31 bits per heavy atom. The fourth-order valence-electron chi connectivity index (χ4n) is 1.91. The molecule has 0 spiro atoms. The van der Waals surface area contributed by atoms with Gasteiger partial charge in [-0.2, -0.15) is 0 Å². The topological polar surface area (TPSA) is 21.3 Å². The van der Waals surface area contributed by atoms with Crippen LogP contribution in [0.25, 0.3) is 0 Å². The fraction of sp³-hybridized carbons (Fsp3) is 0.571. The molecule has 0 amide bonds. The Kier molecular flexibility index (Phi) is 5.33. The number of aryl methyl sites for hydroxylation is 1. The lowest BCUT2D eigenvalue weighted by Crippen LogP contribution is -2.27. The predicted molar refractivity (Wildman–Crippen MR) is 69.2 cm³/mol. The van der Waals surface area contributed by atoms with Crippen LogP contribution in [0.5, 0.6) is 5.75 Å². The van der Waals surface area contributed by atoms with Crippen LogP contribution < -0.4 is 10.1 Å². The molecule has 90 valence electrons. The minimum Gasteiger partial charge on any atom is -0.494 e. The van der Waals surface area contributed by atoms with E-state index < -0.39 is 0 Å². The Balaban J connectivity index is 2.78. The van der Waals surface area contributed by atoms with Crippen molar-refractivity contribution in [3.63, 3.8) is 0 Å². The molecule has 2 heteroatoms. The second-order valence-electron chi connectivity index (χ2n) is 4.21. The van der Waals surface area contributed by atoms with Gasteiger partial charge in [0.2, 0.25) is 0 Å². The highest BCUT2D eigenvalue weighted by molar-refractivity contribution is 5.37. The molecule has 0 aliphatic carbocycles. The van der Waals surface area contributed by atoms with E-state index in [1.807, 2.05) is 6.92 Å². The summed E-state index contributed by atoms with van der Waals surface area (Å²) in [5.74, 6) is 1.03. The summed E-state index contributed by atoms with van der Waals surface area (Å²) in [6.07, 6.45) is 1.02. The average molecular weight is 221 g/mol. The first-order chi connectivity index (χ1) is 7.67. The molecule has 0 aliphatic heterocycles. The van der Waals surface area contributed by atoms with Crippen LogP contribution in [0.2, 0.25) is 0 Å². The van der Waals surface area contributed by atoms with Gasteiger partial charge in [-0.15, -0.1) is 0 Å². The molecule has 1 rings (SSSR count). The molecule has 1 unspecified atom stereocenters. The van der Waals surface area contributed by atoms with E-state index >= 15 is 0 Å². The third-order valence-corrected chi connectivity index (χ3v) is 2.59. The summed E-state index contributed by atoms with van der Waals surface area (Å²) in [4.78, 5) is 0. The molecule has 1 aromatic rings. The minimum absolute atomic E-state index is 0.492. The van der Waals surface area contributed by atoms with Crippen LogP contribution in [0.3, 0.4) is 0 Å². The van der Waals surface area contributed by atoms with E-state index in [9.17, 15) is 0 Å². The quantitative estimate of drug-likeness (QED) is 0.797. The maximum atomic E-state index is 5.64. The zero-order valence-electron chi connectivity index (χ0n) is 10.8. The molecule has 0 heterocycles. The van der Waals surface area contributed by atoms with Crippen molar-refractivity contribution in [2.75, 3.05) is 13.2 Å². The summed E-state index contributed by atoms with van der Waals surface area (Å²) < 4.78 is 5.64. The van der Waals surface area contributed by atoms with Crippen LogP contribution in [-0.2, 0) is 6.42 Å². The zero-order chi connectivity index (χ0) is 12.0. The largest absolute Gasteiger partial charge is 0.494 e. The van der Waals surface area contributed by atoms with Gasteiger partial charge in [-0.05, 0) is 45.4 Å². The molecule has 1 N–H and O–H groups in total. The molecule has 0 aliphatic rings. The monoisotopic (exact) mass is 221 g/mol. The molecule has 1 atom stereocenters. The first kappa shape index (κ1) is 13.0. The van der Waals surface area contributed by atoms with Gasteiger partial charge >= 0.3 is 0 Å². The van der Waals surface area contributed by atoms with Crippen LogP contribution in [0.1, 0.15) is 31.9 Å². The summed E-state index contributed by atoms with van der Waals surface area (Å²) in [5.41, 5.74) is 2.59. The van der Waals surface area contributed by atoms with E-state index in [-0.39, 0.29) is 0 Å². The van der Waals surface area contributed by atoms with E-state index in [0.717, 1.165) is 25.3 Å². The number of benzene rings is 1. The number of hydrogen-bond donors (Lipinski definition) is 1. The second kappa shape index (κ2) is 6.54. The van der Waals surface area contributed by atoms with Crippen molar-refractivity contribution >= 4 is 0 Å². The second-order valence-corrected chi connectivity index (χ2v) is 4.21. The Hall–Kier alpha value is -1.02. The van der Waals surface area contributed by atoms with E-state index in [2.05, 4.69) is 44.3 Å². The van der Waals surface area contributed by atoms with Gasteiger partial charge in [0.15, 0.2) is 0 Å². The van der Waals surface area contributed by atoms with Crippen molar-refractivity contribution in [3.8, 4) is 5.75 Å². The molecule has 0 saturated carbocycles. The SMILES string of the molecule is CCNC(C)Cc1cc(C)ccc1OCC. The Morgan fingerprint density at radius 2 is 2.06 bits per heavy atom. The van der Waals surface area contributed by atoms with Gasteiger partial charge < -0.3 is 10.1 Å². The Bertz CT molecular complexity index is 323. The normalized spacial score (nSPS) is 12.5. The smallest absolute Gasteiger partial charge is 0.122 e. The summed E-state index contributed by atoms with van der Waals surface area (Å²) >= 11 is 0. The van der Waals surface area contributed by atoms with Gasteiger partial charge in [0.05, 0.1) is 6.61 Å². The molecule has 0 radical (unpaired) electrons. The highest BCUT2D eigenvalue weighted by Gasteiger charge is 2.08. The van der Waals surface area contributed by atoms with Gasteiger partial charge in [0.25, 0.3) is 0 Å². The van der Waals surface area contributed by atoms with Crippen LogP contribution in [0.4, 0.5) is 0 Å². The number of rotatable bonds is 6. The number of likely N-dealkylation sites (N-methyl/N-ethyl adjacent to an activating group) is 1. The molecule has 0 saturated heterocycles. The van der Waals surface area contributed by atoms with Gasteiger partial charge in [0.1, 0.15) is 5.75 Å². The molecule has 2 nitrogen and oxygen atoms in total. The number of hydrogen-bond acceptors (Lipinski definition) is 2. The standard InChI is InChI=1S/C14H23NO/c1-5-15-12(4)10-13-9-11(3)7-8-14(13)16-6-2/h7-9,12,15H,5-6,10H2,1-4H3. The third-order valence-electron chi connectivity index (χ3n) is 2.59. The average Bonchev–Trinajstić information content (AvgIpc) is 2.22. The highest BCUT2D eigenvalue weighted by Crippen LogP contribution is 2.21. The van der Waals surface area contributed by atoms with Crippen LogP contribution in [0.15, 0.2) is 18.2 Å². The maximum absolute atomic E-state index is 5.64. The molecular formula is C14H23NO. The van der Waals surface area contributed by atoms with Gasteiger partial charge in [-0.1, -0.05) is 24.6 Å². The number of nitrogens with one attached hydrogen (secondary N) is 1. The van der Waals surface area contributed by atoms with Crippen molar-refractivity contribution < 1.29 is 4.74 Å². The van der Waals surface area contributed by atoms with Crippen molar-refractivity contribution in [3.05, 3.63) is 29.3 Å². The molecule has 1 aromatic carbocycles. The maximum Gasteiger partial charge on any atom is 0.122 e. The summed E-state index contributed by atoms with van der Waals surface area (Å²) in [5, 5.41) is 3.43. The first-order valence-electron chi connectivity index (χ1n) is 6.13. The van der Waals surface area contributed by atoms with E-state index in [0.29, 0.717) is 6.04 Å². The molecule has 0 fully saturated rings. The highest BCUT2D eigenvalue weighted by atomic mass is 16.5. The van der Waals surface area contributed by atoms with E-state index in [1.165, 1.54) is 11.1 Å². The Morgan fingerprint density at radius 3 is 2.69 bits per heavy atom. The van der Waals surface area contributed by atoms with E-state index in [1.54, 1.807) is 0 Å².